The van der Waals surface area contributed by atoms with Crippen molar-refractivity contribution in [3.05, 3.63) is 52.8 Å². The molecule has 0 radical (unpaired) electrons. The molecule has 1 fully saturated rings. The van der Waals surface area contributed by atoms with Crippen molar-refractivity contribution in [1.82, 2.24) is 20.0 Å². The lowest BCUT2D eigenvalue weighted by Crippen LogP contribution is -2.64. The second kappa shape index (κ2) is 8.96. The Labute approximate surface area is 197 Å². The topological polar surface area (TPSA) is 67.2 Å². The Morgan fingerprint density at radius 3 is 2.36 bits per heavy atom. The fraction of sp³-hybridized carbons (Fsp3) is 0.593. The number of amides is 2. The number of hydrogen-bond donors (Lipinski definition) is 1. The van der Waals surface area contributed by atoms with Gasteiger partial charge < -0.3 is 10.2 Å². The smallest absolute Gasteiger partial charge is 0.273 e. The Hall–Kier alpha value is -2.63. The molecule has 0 spiro atoms. The highest BCUT2D eigenvalue weighted by Gasteiger charge is 2.48. The molecule has 33 heavy (non-hydrogen) atoms. The number of aryl methyl sites for hydroxylation is 1. The first kappa shape index (κ1) is 23.5. The monoisotopic (exact) mass is 450 g/mol. The second-order valence-corrected chi connectivity index (χ2v) is 11.1. The molecular weight excluding hydrogens is 412 g/mol. The maximum atomic E-state index is 13.8. The largest absolute Gasteiger partial charge is 0.351 e. The summed E-state index contributed by atoms with van der Waals surface area (Å²) in [5.74, 6) is -0.211. The second-order valence-electron chi connectivity index (χ2n) is 11.1. The van der Waals surface area contributed by atoms with E-state index < -0.39 is 5.54 Å². The van der Waals surface area contributed by atoms with E-state index in [4.69, 9.17) is 5.10 Å². The fourth-order valence-corrected chi connectivity index (χ4v) is 4.90. The van der Waals surface area contributed by atoms with Gasteiger partial charge in [-0.15, -0.1) is 0 Å². The quantitative estimate of drug-likeness (QED) is 0.684. The van der Waals surface area contributed by atoms with Crippen molar-refractivity contribution in [2.45, 2.75) is 103 Å². The molecule has 2 heterocycles. The van der Waals surface area contributed by atoms with Crippen molar-refractivity contribution in [2.24, 2.45) is 0 Å². The predicted molar refractivity (Wildman–Crippen MR) is 130 cm³/mol. The number of nitrogens with zero attached hydrogens (tertiary/aromatic N) is 3. The molecule has 2 aromatic rings. The zero-order valence-corrected chi connectivity index (χ0v) is 20.8. The van der Waals surface area contributed by atoms with Crippen LogP contribution in [0.4, 0.5) is 0 Å². The van der Waals surface area contributed by atoms with Crippen LogP contribution in [0.2, 0.25) is 0 Å². The molecule has 1 aromatic carbocycles. The Kier molecular flexibility index (Phi) is 6.39. The molecule has 0 bridgehead atoms. The van der Waals surface area contributed by atoms with Gasteiger partial charge in [-0.1, -0.05) is 76.3 Å². The third-order valence-corrected chi connectivity index (χ3v) is 7.21. The molecule has 1 saturated carbocycles. The van der Waals surface area contributed by atoms with Gasteiger partial charge in [0.15, 0.2) is 0 Å². The van der Waals surface area contributed by atoms with Crippen LogP contribution >= 0.6 is 0 Å². The van der Waals surface area contributed by atoms with Crippen molar-refractivity contribution in [3.8, 4) is 0 Å². The zero-order valence-electron chi connectivity index (χ0n) is 20.8. The zero-order chi connectivity index (χ0) is 23.8. The first-order valence-electron chi connectivity index (χ1n) is 12.3. The molecule has 178 valence electrons. The number of carbonyl (C=O) groups excluding carboxylic acids is 2. The number of carbonyl (C=O) groups is 2. The number of nitrogens with one attached hydrogen (secondary N) is 1. The average molecular weight is 451 g/mol. The summed E-state index contributed by atoms with van der Waals surface area (Å²) >= 11 is 0. The Balaban J connectivity index is 1.69. The highest BCUT2D eigenvalue weighted by molar-refractivity contribution is 5.99. The molecule has 4 rings (SSSR count). The minimum absolute atomic E-state index is 0.0756. The molecule has 0 saturated heterocycles. The molecule has 1 atom stereocenters. The highest BCUT2D eigenvalue weighted by Crippen LogP contribution is 2.32. The van der Waals surface area contributed by atoms with Crippen LogP contribution < -0.4 is 5.32 Å². The standard InChI is InChI=1S/C27H38N4O2/c1-19-12-14-20(15-13-19)17-30-24(32)22-16-23(26(2,3)4)29-31(22)18-27(30,5)25(33)28-21-10-8-6-7-9-11-21/h12-16,21H,6-11,17-18H2,1-5H3,(H,28,33)/t27-/m1/s1. The lowest BCUT2D eigenvalue weighted by atomic mass is 9.91. The normalized spacial score (nSPS) is 22.1. The van der Waals surface area contributed by atoms with Crippen molar-refractivity contribution >= 4 is 11.8 Å². The Morgan fingerprint density at radius 1 is 1.12 bits per heavy atom. The Bertz CT molecular complexity index is 1010. The van der Waals surface area contributed by atoms with Gasteiger partial charge in [0.1, 0.15) is 11.2 Å². The van der Waals surface area contributed by atoms with Crippen molar-refractivity contribution in [2.75, 3.05) is 0 Å². The summed E-state index contributed by atoms with van der Waals surface area (Å²) in [6.45, 7) is 11.0. The Morgan fingerprint density at radius 2 is 1.76 bits per heavy atom. The van der Waals surface area contributed by atoms with Gasteiger partial charge in [0.2, 0.25) is 5.91 Å². The predicted octanol–water partition coefficient (Wildman–Crippen LogP) is 4.74. The van der Waals surface area contributed by atoms with E-state index in [-0.39, 0.29) is 23.3 Å². The molecule has 1 aliphatic carbocycles. The van der Waals surface area contributed by atoms with Crippen LogP contribution in [0, 0.1) is 6.92 Å². The highest BCUT2D eigenvalue weighted by atomic mass is 16.2. The van der Waals surface area contributed by atoms with Gasteiger partial charge in [-0.3, -0.25) is 14.3 Å². The summed E-state index contributed by atoms with van der Waals surface area (Å²) in [6.07, 6.45) is 6.77. The SMILES string of the molecule is Cc1ccc(CN2C(=O)c3cc(C(C)(C)C)nn3C[C@]2(C)C(=O)NC2CCCCCC2)cc1. The number of benzene rings is 1. The fourth-order valence-electron chi connectivity index (χ4n) is 4.90. The first-order valence-corrected chi connectivity index (χ1v) is 12.3. The van der Waals surface area contributed by atoms with Crippen LogP contribution in [-0.2, 0) is 23.3 Å². The summed E-state index contributed by atoms with van der Waals surface area (Å²) in [6, 6.07) is 10.3. The summed E-state index contributed by atoms with van der Waals surface area (Å²) < 4.78 is 1.75. The lowest BCUT2D eigenvalue weighted by Gasteiger charge is -2.44. The van der Waals surface area contributed by atoms with Crippen molar-refractivity contribution in [3.63, 3.8) is 0 Å². The maximum Gasteiger partial charge on any atom is 0.273 e. The number of rotatable bonds is 4. The lowest BCUT2D eigenvalue weighted by molar-refractivity contribution is -0.134. The summed E-state index contributed by atoms with van der Waals surface area (Å²) in [5.41, 5.74) is 2.44. The minimum Gasteiger partial charge on any atom is -0.351 e. The van der Waals surface area contributed by atoms with Crippen molar-refractivity contribution in [1.29, 1.82) is 0 Å². The third-order valence-electron chi connectivity index (χ3n) is 7.21. The van der Waals surface area contributed by atoms with Crippen LogP contribution in [0.15, 0.2) is 30.3 Å². The van der Waals surface area contributed by atoms with Gasteiger partial charge in [0.25, 0.3) is 5.91 Å². The van der Waals surface area contributed by atoms with Gasteiger partial charge in [0.05, 0.1) is 12.2 Å². The van der Waals surface area contributed by atoms with Crippen LogP contribution in [0.25, 0.3) is 0 Å². The molecule has 2 aliphatic rings. The summed E-state index contributed by atoms with van der Waals surface area (Å²) in [7, 11) is 0. The van der Waals surface area contributed by atoms with E-state index in [9.17, 15) is 9.59 Å². The number of aromatic nitrogens is 2. The molecule has 6 heteroatoms. The van der Waals surface area contributed by atoms with Gasteiger partial charge in [-0.25, -0.2) is 0 Å². The third kappa shape index (κ3) is 4.85. The first-order chi connectivity index (χ1) is 15.6. The van der Waals surface area contributed by atoms with E-state index in [0.717, 1.165) is 36.9 Å². The number of hydrogen-bond acceptors (Lipinski definition) is 3. The molecule has 1 aliphatic heterocycles. The molecule has 1 N–H and O–H groups in total. The van der Waals surface area contributed by atoms with Gasteiger partial charge in [0, 0.05) is 18.0 Å². The molecular formula is C27H38N4O2. The van der Waals surface area contributed by atoms with E-state index in [1.807, 2.05) is 32.0 Å². The molecule has 0 unspecified atom stereocenters. The van der Waals surface area contributed by atoms with Crippen LogP contribution in [-0.4, -0.2) is 38.1 Å². The molecule has 1 aromatic heterocycles. The summed E-state index contributed by atoms with van der Waals surface area (Å²) in [4.78, 5) is 29.3. The molecule has 2 amide bonds. The van der Waals surface area contributed by atoms with Gasteiger partial charge in [-0.2, -0.15) is 5.10 Å². The maximum absolute atomic E-state index is 13.8. The van der Waals surface area contributed by atoms with Gasteiger partial charge in [-0.05, 0) is 38.3 Å². The van der Waals surface area contributed by atoms with E-state index in [2.05, 4.69) is 38.2 Å². The van der Waals surface area contributed by atoms with Crippen LogP contribution in [0.1, 0.15) is 93.5 Å². The average Bonchev–Trinajstić information content (AvgIpc) is 3.02. The van der Waals surface area contributed by atoms with E-state index in [1.54, 1.807) is 9.58 Å². The number of fused-ring (bicyclic) bond motifs is 1. The van der Waals surface area contributed by atoms with E-state index >= 15 is 0 Å². The molecule has 6 nitrogen and oxygen atoms in total. The van der Waals surface area contributed by atoms with Crippen molar-refractivity contribution < 1.29 is 9.59 Å². The van der Waals surface area contributed by atoms with Crippen LogP contribution in [0.3, 0.4) is 0 Å². The van der Waals surface area contributed by atoms with Gasteiger partial charge >= 0.3 is 0 Å². The summed E-state index contributed by atoms with van der Waals surface area (Å²) in [5, 5.41) is 8.06. The van der Waals surface area contributed by atoms with Crippen LogP contribution in [0.5, 0.6) is 0 Å². The van der Waals surface area contributed by atoms with E-state index in [1.165, 1.54) is 18.4 Å². The van der Waals surface area contributed by atoms with E-state index in [0.29, 0.717) is 18.8 Å². The minimum atomic E-state index is -1.01.